The zero-order valence-electron chi connectivity index (χ0n) is 20.3. The van der Waals surface area contributed by atoms with Crippen LogP contribution in [0.25, 0.3) is 0 Å². The molecular formula is C25H34ClN3O4S. The van der Waals surface area contributed by atoms with E-state index in [2.05, 4.69) is 5.32 Å². The summed E-state index contributed by atoms with van der Waals surface area (Å²) in [6.45, 7) is 6.60. The molecule has 34 heavy (non-hydrogen) atoms. The molecule has 2 aromatic rings. The van der Waals surface area contributed by atoms with E-state index in [-0.39, 0.29) is 24.8 Å². The molecule has 2 aromatic carbocycles. The summed E-state index contributed by atoms with van der Waals surface area (Å²) in [5.41, 5.74) is 2.46. The third-order valence-electron chi connectivity index (χ3n) is 5.59. The van der Waals surface area contributed by atoms with Gasteiger partial charge in [-0.05, 0) is 56.0 Å². The lowest BCUT2D eigenvalue weighted by atomic mass is 10.1. The van der Waals surface area contributed by atoms with Crippen molar-refractivity contribution in [3.05, 3.63) is 64.7 Å². The number of sulfonamides is 1. The van der Waals surface area contributed by atoms with E-state index in [0.717, 1.165) is 17.4 Å². The number of anilines is 1. The second kappa shape index (κ2) is 12.8. The van der Waals surface area contributed by atoms with Gasteiger partial charge in [-0.1, -0.05) is 48.9 Å². The van der Waals surface area contributed by atoms with Crippen molar-refractivity contribution in [2.75, 3.05) is 23.7 Å². The van der Waals surface area contributed by atoms with Crippen LogP contribution in [0.1, 0.15) is 44.2 Å². The lowest BCUT2D eigenvalue weighted by Gasteiger charge is -2.31. The van der Waals surface area contributed by atoms with Crippen molar-refractivity contribution >= 4 is 39.1 Å². The van der Waals surface area contributed by atoms with E-state index in [1.807, 2.05) is 45.0 Å². The fourth-order valence-corrected chi connectivity index (χ4v) is 4.96. The summed E-state index contributed by atoms with van der Waals surface area (Å²) in [6, 6.07) is 13.8. The van der Waals surface area contributed by atoms with E-state index < -0.39 is 16.1 Å². The average molecular weight is 508 g/mol. The number of rotatable bonds is 12. The minimum atomic E-state index is -3.56. The number of hydrogen-bond donors (Lipinski definition) is 1. The highest BCUT2D eigenvalue weighted by atomic mass is 35.5. The van der Waals surface area contributed by atoms with Crippen LogP contribution in [0.5, 0.6) is 0 Å². The van der Waals surface area contributed by atoms with Gasteiger partial charge >= 0.3 is 0 Å². The zero-order chi connectivity index (χ0) is 25.3. The lowest BCUT2D eigenvalue weighted by molar-refractivity contribution is -0.141. The average Bonchev–Trinajstić information content (AvgIpc) is 2.77. The number of nitrogens with zero attached hydrogens (tertiary/aromatic N) is 2. The minimum absolute atomic E-state index is 0.106. The Morgan fingerprint density at radius 3 is 2.38 bits per heavy atom. The number of carbonyl (C=O) groups excluding carboxylic acids is 2. The van der Waals surface area contributed by atoms with E-state index in [9.17, 15) is 18.0 Å². The fraction of sp³-hybridized carbons (Fsp3) is 0.440. The van der Waals surface area contributed by atoms with Gasteiger partial charge in [0.15, 0.2) is 0 Å². The maximum absolute atomic E-state index is 13.3. The van der Waals surface area contributed by atoms with Gasteiger partial charge in [-0.25, -0.2) is 8.42 Å². The Morgan fingerprint density at radius 2 is 1.79 bits per heavy atom. The van der Waals surface area contributed by atoms with Crippen molar-refractivity contribution in [1.29, 1.82) is 0 Å². The molecule has 9 heteroatoms. The number of aryl methyl sites for hydroxylation is 1. The lowest BCUT2D eigenvalue weighted by Crippen LogP contribution is -2.49. The second-order valence-electron chi connectivity index (χ2n) is 8.19. The Kier molecular flexibility index (Phi) is 10.4. The van der Waals surface area contributed by atoms with Crippen molar-refractivity contribution in [1.82, 2.24) is 10.2 Å². The number of halogens is 1. The summed E-state index contributed by atoms with van der Waals surface area (Å²) in [5.74, 6) is -0.385. The van der Waals surface area contributed by atoms with Gasteiger partial charge in [0.1, 0.15) is 6.04 Å². The first-order valence-corrected chi connectivity index (χ1v) is 13.7. The van der Waals surface area contributed by atoms with Gasteiger partial charge < -0.3 is 10.2 Å². The van der Waals surface area contributed by atoms with Gasteiger partial charge in [-0.2, -0.15) is 0 Å². The van der Waals surface area contributed by atoms with Crippen LogP contribution in [-0.2, 0) is 26.2 Å². The molecule has 0 aromatic heterocycles. The molecule has 0 aliphatic rings. The van der Waals surface area contributed by atoms with Crippen LogP contribution in [0.3, 0.4) is 0 Å². The van der Waals surface area contributed by atoms with E-state index in [4.69, 9.17) is 11.6 Å². The Bertz CT molecular complexity index is 1090. The highest BCUT2D eigenvalue weighted by Crippen LogP contribution is 2.23. The molecule has 0 fully saturated rings. The molecular weight excluding hydrogens is 474 g/mol. The predicted octanol–water partition coefficient (Wildman–Crippen LogP) is 4.14. The van der Waals surface area contributed by atoms with Crippen molar-refractivity contribution < 1.29 is 18.0 Å². The Hall–Kier alpha value is -2.58. The van der Waals surface area contributed by atoms with E-state index in [1.54, 1.807) is 29.2 Å². The zero-order valence-corrected chi connectivity index (χ0v) is 21.8. The van der Waals surface area contributed by atoms with Crippen LogP contribution < -0.4 is 9.62 Å². The van der Waals surface area contributed by atoms with Gasteiger partial charge in [0, 0.05) is 31.1 Å². The quantitative estimate of drug-likeness (QED) is 0.467. The molecule has 7 nitrogen and oxygen atoms in total. The molecule has 0 saturated heterocycles. The van der Waals surface area contributed by atoms with Gasteiger partial charge in [0.2, 0.25) is 21.8 Å². The molecule has 0 aliphatic carbocycles. The van der Waals surface area contributed by atoms with Gasteiger partial charge in [0.25, 0.3) is 0 Å². The van der Waals surface area contributed by atoms with Crippen molar-refractivity contribution in [2.45, 2.75) is 52.6 Å². The Balaban J connectivity index is 2.21. The van der Waals surface area contributed by atoms with Crippen LogP contribution in [0, 0.1) is 6.92 Å². The largest absolute Gasteiger partial charge is 0.355 e. The SMILES string of the molecule is CCNC(=O)C(CC)N(Cc1ccccc1C)C(=O)CCCN(c1cccc(Cl)c1)S(C)(=O)=O. The first-order chi connectivity index (χ1) is 16.1. The molecule has 0 saturated carbocycles. The maximum atomic E-state index is 13.3. The monoisotopic (exact) mass is 507 g/mol. The molecule has 0 aliphatic heterocycles. The fourth-order valence-electron chi connectivity index (χ4n) is 3.82. The summed E-state index contributed by atoms with van der Waals surface area (Å²) >= 11 is 6.04. The Morgan fingerprint density at radius 1 is 1.09 bits per heavy atom. The number of nitrogens with one attached hydrogen (secondary N) is 1. The number of benzene rings is 2. The standard InChI is InChI=1S/C25H34ClN3O4S/c1-5-23(25(31)27-6-2)28(18-20-12-8-7-11-19(20)3)24(30)15-10-16-29(34(4,32)33)22-14-9-13-21(26)17-22/h7-9,11-14,17,23H,5-6,10,15-16,18H2,1-4H3,(H,27,31). The van der Waals surface area contributed by atoms with E-state index in [1.165, 1.54) is 4.31 Å². The normalized spacial score (nSPS) is 12.1. The molecule has 1 atom stereocenters. The molecule has 2 rings (SSSR count). The van der Waals surface area contributed by atoms with Crippen molar-refractivity contribution in [3.63, 3.8) is 0 Å². The number of carbonyl (C=O) groups is 2. The number of amides is 2. The van der Waals surface area contributed by atoms with E-state index >= 15 is 0 Å². The molecule has 0 bridgehead atoms. The number of likely N-dealkylation sites (N-methyl/N-ethyl adjacent to an activating group) is 1. The van der Waals surface area contributed by atoms with Crippen LogP contribution >= 0.6 is 11.6 Å². The summed E-state index contributed by atoms with van der Waals surface area (Å²) in [7, 11) is -3.56. The summed E-state index contributed by atoms with van der Waals surface area (Å²) < 4.78 is 26.0. The third-order valence-corrected chi connectivity index (χ3v) is 7.02. The molecule has 1 N–H and O–H groups in total. The van der Waals surface area contributed by atoms with Crippen molar-refractivity contribution in [3.8, 4) is 0 Å². The summed E-state index contributed by atoms with van der Waals surface area (Å²) in [5, 5.41) is 3.25. The third kappa shape index (κ3) is 7.74. The molecule has 0 radical (unpaired) electrons. The van der Waals surface area contributed by atoms with Crippen LogP contribution in [0.15, 0.2) is 48.5 Å². The second-order valence-corrected chi connectivity index (χ2v) is 10.5. The molecule has 0 heterocycles. The van der Waals surface area contributed by atoms with Crippen LogP contribution in [0.2, 0.25) is 5.02 Å². The first kappa shape index (κ1) is 27.7. The summed E-state index contributed by atoms with van der Waals surface area (Å²) in [6.07, 6.45) is 2.01. The van der Waals surface area contributed by atoms with E-state index in [0.29, 0.717) is 36.6 Å². The minimum Gasteiger partial charge on any atom is -0.355 e. The van der Waals surface area contributed by atoms with Crippen molar-refractivity contribution in [2.24, 2.45) is 0 Å². The van der Waals surface area contributed by atoms with Crippen LogP contribution in [0.4, 0.5) is 5.69 Å². The topological polar surface area (TPSA) is 86.8 Å². The maximum Gasteiger partial charge on any atom is 0.242 e. The highest BCUT2D eigenvalue weighted by molar-refractivity contribution is 7.92. The smallest absolute Gasteiger partial charge is 0.242 e. The first-order valence-electron chi connectivity index (χ1n) is 11.4. The molecule has 186 valence electrons. The molecule has 2 amide bonds. The van der Waals surface area contributed by atoms with Gasteiger partial charge in [0.05, 0.1) is 11.9 Å². The Labute approximate surface area is 208 Å². The van der Waals surface area contributed by atoms with Crippen LogP contribution in [-0.4, -0.2) is 50.5 Å². The van der Waals surface area contributed by atoms with Gasteiger partial charge in [-0.3, -0.25) is 13.9 Å². The molecule has 0 spiro atoms. The van der Waals surface area contributed by atoms with Gasteiger partial charge in [-0.15, -0.1) is 0 Å². The number of hydrogen-bond acceptors (Lipinski definition) is 4. The summed E-state index contributed by atoms with van der Waals surface area (Å²) in [4.78, 5) is 27.7. The predicted molar refractivity (Wildman–Crippen MR) is 137 cm³/mol. The molecule has 1 unspecified atom stereocenters. The highest BCUT2D eigenvalue weighted by Gasteiger charge is 2.28.